The molecule has 0 bridgehead atoms. The van der Waals surface area contributed by atoms with E-state index in [-0.39, 0.29) is 12.3 Å². The number of hydrogen-bond acceptors (Lipinski definition) is 2. The third-order valence-electron chi connectivity index (χ3n) is 4.43. The normalized spacial score (nSPS) is 15.5. The predicted octanol–water partition coefficient (Wildman–Crippen LogP) is 3.90. The lowest BCUT2D eigenvalue weighted by Crippen LogP contribution is -2.05. The summed E-state index contributed by atoms with van der Waals surface area (Å²) >= 11 is 0. The van der Waals surface area contributed by atoms with Gasteiger partial charge in [0, 0.05) is 11.5 Å². The molecule has 1 atom stereocenters. The molecule has 2 aromatic rings. The standard InChI is InChI=1S/C18H18O3/c1-10-7-8-13-14(9-16(19)20)12-5-4-6-15(21-3)18(12)17(13)11(10)2/h4-8,14H,9H2,1-3H3,(H,19,20). The number of rotatable bonds is 3. The van der Waals surface area contributed by atoms with Crippen LogP contribution in [0.15, 0.2) is 30.3 Å². The molecular weight excluding hydrogens is 264 g/mol. The molecule has 0 saturated heterocycles. The first-order chi connectivity index (χ1) is 10.0. The molecule has 0 saturated carbocycles. The van der Waals surface area contributed by atoms with Crippen molar-refractivity contribution in [3.63, 3.8) is 0 Å². The first-order valence-corrected chi connectivity index (χ1v) is 7.03. The molecule has 3 heteroatoms. The number of aliphatic carboxylic acids is 1. The molecule has 0 heterocycles. The number of aryl methyl sites for hydroxylation is 1. The van der Waals surface area contributed by atoms with Gasteiger partial charge >= 0.3 is 5.97 Å². The van der Waals surface area contributed by atoms with Gasteiger partial charge in [-0.3, -0.25) is 4.79 Å². The zero-order chi connectivity index (χ0) is 15.1. The van der Waals surface area contributed by atoms with E-state index < -0.39 is 5.97 Å². The third kappa shape index (κ3) is 2.00. The van der Waals surface area contributed by atoms with Crippen LogP contribution in [-0.2, 0) is 4.79 Å². The summed E-state index contributed by atoms with van der Waals surface area (Å²) < 4.78 is 5.51. The first kappa shape index (κ1) is 13.7. The summed E-state index contributed by atoms with van der Waals surface area (Å²) in [5, 5.41) is 9.24. The largest absolute Gasteiger partial charge is 0.496 e. The highest BCUT2D eigenvalue weighted by Crippen LogP contribution is 2.51. The monoisotopic (exact) mass is 282 g/mol. The summed E-state index contributed by atoms with van der Waals surface area (Å²) in [5.41, 5.74) is 6.77. The predicted molar refractivity (Wildman–Crippen MR) is 82.0 cm³/mol. The van der Waals surface area contributed by atoms with Crippen LogP contribution in [0.4, 0.5) is 0 Å². The van der Waals surface area contributed by atoms with Gasteiger partial charge in [0.25, 0.3) is 0 Å². The van der Waals surface area contributed by atoms with Crippen LogP contribution in [0.25, 0.3) is 11.1 Å². The maximum absolute atomic E-state index is 11.2. The van der Waals surface area contributed by atoms with E-state index in [0.717, 1.165) is 28.0 Å². The summed E-state index contributed by atoms with van der Waals surface area (Å²) in [6.45, 7) is 4.17. The lowest BCUT2D eigenvalue weighted by atomic mass is 9.92. The molecule has 3 rings (SSSR count). The van der Waals surface area contributed by atoms with Crippen molar-refractivity contribution in [3.05, 3.63) is 52.6 Å². The second-order valence-corrected chi connectivity index (χ2v) is 5.55. The van der Waals surface area contributed by atoms with Crippen LogP contribution in [-0.4, -0.2) is 18.2 Å². The molecule has 108 valence electrons. The van der Waals surface area contributed by atoms with Crippen molar-refractivity contribution in [3.8, 4) is 16.9 Å². The number of hydrogen-bond donors (Lipinski definition) is 1. The number of carboxylic acids is 1. The Hall–Kier alpha value is -2.29. The molecule has 0 aromatic heterocycles. The van der Waals surface area contributed by atoms with Gasteiger partial charge in [-0.2, -0.15) is 0 Å². The van der Waals surface area contributed by atoms with Gasteiger partial charge < -0.3 is 9.84 Å². The molecular formula is C18H18O3. The Balaban J connectivity index is 2.33. The Kier molecular flexibility index (Phi) is 3.20. The van der Waals surface area contributed by atoms with Gasteiger partial charge in [0.05, 0.1) is 13.5 Å². The van der Waals surface area contributed by atoms with E-state index in [0.29, 0.717) is 0 Å². The van der Waals surface area contributed by atoms with Crippen LogP contribution in [0.3, 0.4) is 0 Å². The highest BCUT2D eigenvalue weighted by atomic mass is 16.5. The number of fused-ring (bicyclic) bond motifs is 3. The van der Waals surface area contributed by atoms with Crippen molar-refractivity contribution in [2.24, 2.45) is 0 Å². The number of ether oxygens (including phenoxy) is 1. The van der Waals surface area contributed by atoms with E-state index in [1.807, 2.05) is 18.2 Å². The zero-order valence-corrected chi connectivity index (χ0v) is 12.4. The summed E-state index contributed by atoms with van der Waals surface area (Å²) in [6.07, 6.45) is 0.107. The van der Waals surface area contributed by atoms with E-state index in [9.17, 15) is 9.90 Å². The van der Waals surface area contributed by atoms with Crippen LogP contribution >= 0.6 is 0 Å². The van der Waals surface area contributed by atoms with E-state index in [1.165, 1.54) is 11.1 Å². The topological polar surface area (TPSA) is 46.5 Å². The molecule has 1 unspecified atom stereocenters. The Bertz CT molecular complexity index is 731. The minimum absolute atomic E-state index is 0.0955. The van der Waals surface area contributed by atoms with E-state index >= 15 is 0 Å². The molecule has 0 fully saturated rings. The molecule has 0 spiro atoms. The zero-order valence-electron chi connectivity index (χ0n) is 12.4. The fraction of sp³-hybridized carbons (Fsp3) is 0.278. The Morgan fingerprint density at radius 1 is 1.14 bits per heavy atom. The second kappa shape index (κ2) is 4.92. The SMILES string of the molecule is COc1cccc2c1-c1c(ccc(C)c1C)C2CC(=O)O. The van der Waals surface area contributed by atoms with Crippen molar-refractivity contribution < 1.29 is 14.6 Å². The van der Waals surface area contributed by atoms with Crippen molar-refractivity contribution in [1.29, 1.82) is 0 Å². The summed E-state index contributed by atoms with van der Waals surface area (Å²) in [4.78, 5) is 11.2. The van der Waals surface area contributed by atoms with Crippen LogP contribution < -0.4 is 4.74 Å². The Morgan fingerprint density at radius 3 is 2.52 bits per heavy atom. The van der Waals surface area contributed by atoms with Gasteiger partial charge in [0.15, 0.2) is 0 Å². The van der Waals surface area contributed by atoms with Crippen LogP contribution in [0.5, 0.6) is 5.75 Å². The average molecular weight is 282 g/mol. The summed E-state index contributed by atoms with van der Waals surface area (Å²) in [7, 11) is 1.66. The molecule has 0 aliphatic heterocycles. The lowest BCUT2D eigenvalue weighted by Gasteiger charge is -2.12. The van der Waals surface area contributed by atoms with Gasteiger partial charge in [0.2, 0.25) is 0 Å². The summed E-state index contributed by atoms with van der Waals surface area (Å²) in [6, 6.07) is 10.0. The van der Waals surface area contributed by atoms with Gasteiger partial charge in [-0.05, 0) is 47.7 Å². The van der Waals surface area contributed by atoms with Gasteiger partial charge in [-0.1, -0.05) is 24.3 Å². The Labute approximate surface area is 124 Å². The van der Waals surface area contributed by atoms with E-state index in [2.05, 4.69) is 26.0 Å². The van der Waals surface area contributed by atoms with Crippen molar-refractivity contribution in [2.75, 3.05) is 7.11 Å². The fourth-order valence-electron chi connectivity index (χ4n) is 3.30. The Morgan fingerprint density at radius 2 is 1.86 bits per heavy atom. The molecule has 2 aromatic carbocycles. The number of carbonyl (C=O) groups is 1. The van der Waals surface area contributed by atoms with Crippen molar-refractivity contribution in [2.45, 2.75) is 26.2 Å². The molecule has 1 N–H and O–H groups in total. The number of carboxylic acid groups (broad SMARTS) is 1. The van der Waals surface area contributed by atoms with Crippen LogP contribution in [0.2, 0.25) is 0 Å². The minimum Gasteiger partial charge on any atom is -0.496 e. The highest BCUT2D eigenvalue weighted by Gasteiger charge is 2.33. The second-order valence-electron chi connectivity index (χ2n) is 5.55. The molecule has 0 amide bonds. The molecule has 0 radical (unpaired) electrons. The quantitative estimate of drug-likeness (QED) is 0.928. The fourth-order valence-corrected chi connectivity index (χ4v) is 3.30. The first-order valence-electron chi connectivity index (χ1n) is 7.03. The van der Waals surface area contributed by atoms with Gasteiger partial charge in [-0.15, -0.1) is 0 Å². The number of methoxy groups -OCH3 is 1. The smallest absolute Gasteiger partial charge is 0.304 e. The van der Waals surface area contributed by atoms with E-state index in [1.54, 1.807) is 7.11 Å². The maximum atomic E-state index is 11.2. The van der Waals surface area contributed by atoms with Gasteiger partial charge in [-0.25, -0.2) is 0 Å². The summed E-state index contributed by atoms with van der Waals surface area (Å²) in [5.74, 6) is -0.0583. The maximum Gasteiger partial charge on any atom is 0.304 e. The van der Waals surface area contributed by atoms with Crippen LogP contribution in [0.1, 0.15) is 34.6 Å². The molecule has 1 aliphatic rings. The highest BCUT2D eigenvalue weighted by molar-refractivity contribution is 5.87. The average Bonchev–Trinajstić information content (AvgIpc) is 2.77. The third-order valence-corrected chi connectivity index (χ3v) is 4.43. The van der Waals surface area contributed by atoms with Crippen molar-refractivity contribution in [1.82, 2.24) is 0 Å². The number of benzene rings is 2. The minimum atomic E-state index is -0.778. The molecule has 3 nitrogen and oxygen atoms in total. The molecule has 21 heavy (non-hydrogen) atoms. The molecule has 1 aliphatic carbocycles. The van der Waals surface area contributed by atoms with Gasteiger partial charge in [0.1, 0.15) is 5.75 Å². The lowest BCUT2D eigenvalue weighted by molar-refractivity contribution is -0.137. The van der Waals surface area contributed by atoms with Crippen molar-refractivity contribution >= 4 is 5.97 Å². The van der Waals surface area contributed by atoms with E-state index in [4.69, 9.17) is 4.74 Å². The van der Waals surface area contributed by atoms with Crippen LogP contribution in [0, 0.1) is 13.8 Å².